The van der Waals surface area contributed by atoms with E-state index in [1.165, 1.54) is 0 Å². The number of piperidine rings is 1. The molecule has 1 fully saturated rings. The predicted octanol–water partition coefficient (Wildman–Crippen LogP) is 0.830. The number of nitrogens with one attached hydrogen (secondary N) is 1. The normalized spacial score (nSPS) is 27.5. The summed E-state index contributed by atoms with van der Waals surface area (Å²) in [5, 5.41) is 22.1. The molecule has 0 saturated carbocycles. The van der Waals surface area contributed by atoms with Crippen molar-refractivity contribution in [2.75, 3.05) is 13.1 Å². The largest absolute Gasteiger partial charge is 0.508 e. The summed E-state index contributed by atoms with van der Waals surface area (Å²) in [6.07, 6.45) is 0.639. The van der Waals surface area contributed by atoms with E-state index in [4.69, 9.17) is 5.11 Å². The molecule has 0 aliphatic carbocycles. The molecular formula is C11H15NO2. The number of β-amino-alcohol motifs (C(OH)–C–C–N with tert-alkyl or cyclic N) is 1. The molecule has 14 heavy (non-hydrogen) atoms. The number of benzene rings is 1. The number of phenolic OH excluding ortho intramolecular Hbond substituents is 1. The molecule has 0 spiro atoms. The fraction of sp³-hybridized carbons (Fsp3) is 0.455. The molecule has 1 aromatic carbocycles. The molecular weight excluding hydrogens is 178 g/mol. The fourth-order valence-electron chi connectivity index (χ4n) is 1.95. The van der Waals surface area contributed by atoms with Gasteiger partial charge in [-0.2, -0.15) is 0 Å². The summed E-state index contributed by atoms with van der Waals surface area (Å²) in [5.41, 5.74) is 1.11. The Hall–Kier alpha value is -1.06. The van der Waals surface area contributed by atoms with Crippen molar-refractivity contribution in [3.63, 3.8) is 0 Å². The van der Waals surface area contributed by atoms with Gasteiger partial charge in [0.25, 0.3) is 0 Å². The zero-order chi connectivity index (χ0) is 9.97. The smallest absolute Gasteiger partial charge is 0.115 e. The van der Waals surface area contributed by atoms with Gasteiger partial charge in [-0.3, -0.25) is 0 Å². The van der Waals surface area contributed by atoms with E-state index in [0.29, 0.717) is 6.54 Å². The molecule has 1 heterocycles. The van der Waals surface area contributed by atoms with Crippen LogP contribution in [-0.4, -0.2) is 29.4 Å². The lowest BCUT2D eigenvalue weighted by Gasteiger charge is -2.28. The molecule has 1 aliphatic heterocycles. The Kier molecular flexibility index (Phi) is 2.70. The highest BCUT2D eigenvalue weighted by molar-refractivity contribution is 5.29. The second kappa shape index (κ2) is 3.98. The lowest BCUT2D eigenvalue weighted by atomic mass is 9.88. The molecule has 3 heteroatoms. The zero-order valence-electron chi connectivity index (χ0n) is 7.98. The molecule has 1 aliphatic rings. The number of aliphatic hydroxyl groups is 1. The van der Waals surface area contributed by atoms with Crippen molar-refractivity contribution in [1.82, 2.24) is 5.32 Å². The van der Waals surface area contributed by atoms with Gasteiger partial charge in [0.2, 0.25) is 0 Å². The van der Waals surface area contributed by atoms with Crippen LogP contribution in [0.15, 0.2) is 24.3 Å². The van der Waals surface area contributed by atoms with Crippen LogP contribution in [0.3, 0.4) is 0 Å². The minimum Gasteiger partial charge on any atom is -0.508 e. The van der Waals surface area contributed by atoms with E-state index in [1.807, 2.05) is 12.1 Å². The number of phenols is 1. The van der Waals surface area contributed by atoms with Crippen molar-refractivity contribution in [3.8, 4) is 5.75 Å². The minimum absolute atomic E-state index is 0.205. The van der Waals surface area contributed by atoms with Gasteiger partial charge in [-0.05, 0) is 30.7 Å². The van der Waals surface area contributed by atoms with E-state index in [9.17, 15) is 5.11 Å². The van der Waals surface area contributed by atoms with Crippen LogP contribution in [-0.2, 0) is 0 Å². The average Bonchev–Trinajstić information content (AvgIpc) is 2.20. The van der Waals surface area contributed by atoms with Crippen LogP contribution >= 0.6 is 0 Å². The first kappa shape index (κ1) is 9.49. The maximum atomic E-state index is 9.77. The van der Waals surface area contributed by atoms with Crippen molar-refractivity contribution in [1.29, 1.82) is 0 Å². The Balaban J connectivity index is 2.16. The first-order chi connectivity index (χ1) is 6.77. The van der Waals surface area contributed by atoms with Crippen molar-refractivity contribution < 1.29 is 10.2 Å². The lowest BCUT2D eigenvalue weighted by Crippen LogP contribution is -2.39. The summed E-state index contributed by atoms with van der Waals surface area (Å²) >= 11 is 0. The van der Waals surface area contributed by atoms with Gasteiger partial charge < -0.3 is 15.5 Å². The van der Waals surface area contributed by atoms with Gasteiger partial charge in [0.05, 0.1) is 6.10 Å². The maximum Gasteiger partial charge on any atom is 0.115 e. The predicted molar refractivity (Wildman–Crippen MR) is 54.3 cm³/mol. The number of aliphatic hydroxyl groups excluding tert-OH is 1. The Labute approximate surface area is 83.4 Å². The Bertz CT molecular complexity index is 297. The minimum atomic E-state index is -0.312. The zero-order valence-corrected chi connectivity index (χ0v) is 7.98. The summed E-state index contributed by atoms with van der Waals surface area (Å²) < 4.78 is 0. The summed E-state index contributed by atoms with van der Waals surface area (Å²) in [7, 11) is 0. The Morgan fingerprint density at radius 1 is 1.21 bits per heavy atom. The van der Waals surface area contributed by atoms with E-state index in [2.05, 4.69) is 5.32 Å². The number of hydrogen-bond donors (Lipinski definition) is 3. The van der Waals surface area contributed by atoms with Crippen LogP contribution in [0.1, 0.15) is 17.9 Å². The van der Waals surface area contributed by atoms with Crippen LogP contribution in [0.2, 0.25) is 0 Å². The van der Waals surface area contributed by atoms with Crippen LogP contribution in [0.4, 0.5) is 0 Å². The molecule has 3 N–H and O–H groups in total. The molecule has 0 amide bonds. The summed E-state index contributed by atoms with van der Waals surface area (Å²) in [4.78, 5) is 0. The van der Waals surface area contributed by atoms with E-state index in [1.54, 1.807) is 12.1 Å². The molecule has 0 radical (unpaired) electrons. The molecule has 0 aromatic heterocycles. The first-order valence-corrected chi connectivity index (χ1v) is 4.95. The third-order valence-corrected chi connectivity index (χ3v) is 2.77. The molecule has 1 aromatic rings. The topological polar surface area (TPSA) is 52.5 Å². The second-order valence-corrected chi connectivity index (χ2v) is 3.76. The monoisotopic (exact) mass is 193 g/mol. The molecule has 0 bridgehead atoms. The van der Waals surface area contributed by atoms with Crippen molar-refractivity contribution in [3.05, 3.63) is 29.8 Å². The Morgan fingerprint density at radius 3 is 2.57 bits per heavy atom. The molecule has 2 unspecified atom stereocenters. The highest BCUT2D eigenvalue weighted by Crippen LogP contribution is 2.26. The standard InChI is InChI=1S/C11H15NO2/c13-9-3-1-8(2-4-9)10-5-6-12-7-11(10)14/h1-4,10-14H,5-7H2. The molecule has 76 valence electrons. The fourth-order valence-corrected chi connectivity index (χ4v) is 1.95. The van der Waals surface area contributed by atoms with Gasteiger partial charge in [0.1, 0.15) is 5.75 Å². The average molecular weight is 193 g/mol. The summed E-state index contributed by atoms with van der Waals surface area (Å²) in [6.45, 7) is 1.61. The SMILES string of the molecule is Oc1ccc(C2CCNCC2O)cc1. The lowest BCUT2D eigenvalue weighted by molar-refractivity contribution is 0.118. The van der Waals surface area contributed by atoms with Gasteiger partial charge >= 0.3 is 0 Å². The van der Waals surface area contributed by atoms with E-state index in [-0.39, 0.29) is 17.8 Å². The number of hydrogen-bond acceptors (Lipinski definition) is 3. The van der Waals surface area contributed by atoms with Crippen molar-refractivity contribution >= 4 is 0 Å². The van der Waals surface area contributed by atoms with E-state index < -0.39 is 0 Å². The van der Waals surface area contributed by atoms with Crippen LogP contribution in [0.25, 0.3) is 0 Å². The van der Waals surface area contributed by atoms with Gasteiger partial charge in [-0.15, -0.1) is 0 Å². The van der Waals surface area contributed by atoms with Crippen molar-refractivity contribution in [2.24, 2.45) is 0 Å². The second-order valence-electron chi connectivity index (χ2n) is 3.76. The quantitative estimate of drug-likeness (QED) is 0.619. The third-order valence-electron chi connectivity index (χ3n) is 2.77. The van der Waals surface area contributed by atoms with Crippen molar-refractivity contribution in [2.45, 2.75) is 18.4 Å². The summed E-state index contributed by atoms with van der Waals surface area (Å²) in [5.74, 6) is 0.481. The molecule has 3 nitrogen and oxygen atoms in total. The highest BCUT2D eigenvalue weighted by atomic mass is 16.3. The van der Waals surface area contributed by atoms with Gasteiger partial charge in [0, 0.05) is 12.5 Å². The molecule has 2 atom stereocenters. The Morgan fingerprint density at radius 2 is 1.93 bits per heavy atom. The number of rotatable bonds is 1. The van der Waals surface area contributed by atoms with Gasteiger partial charge in [-0.1, -0.05) is 12.1 Å². The van der Waals surface area contributed by atoms with E-state index in [0.717, 1.165) is 18.5 Å². The summed E-state index contributed by atoms with van der Waals surface area (Å²) in [6, 6.07) is 7.11. The van der Waals surface area contributed by atoms with Crippen LogP contribution in [0, 0.1) is 0 Å². The van der Waals surface area contributed by atoms with Gasteiger partial charge in [0.15, 0.2) is 0 Å². The van der Waals surface area contributed by atoms with Crippen LogP contribution in [0.5, 0.6) is 5.75 Å². The van der Waals surface area contributed by atoms with E-state index >= 15 is 0 Å². The molecule has 1 saturated heterocycles. The van der Waals surface area contributed by atoms with Crippen LogP contribution < -0.4 is 5.32 Å². The molecule has 2 rings (SSSR count). The number of aromatic hydroxyl groups is 1. The first-order valence-electron chi connectivity index (χ1n) is 4.95. The maximum absolute atomic E-state index is 9.77. The third kappa shape index (κ3) is 1.89. The van der Waals surface area contributed by atoms with Gasteiger partial charge in [-0.25, -0.2) is 0 Å². The highest BCUT2D eigenvalue weighted by Gasteiger charge is 2.23.